The van der Waals surface area contributed by atoms with E-state index in [0.29, 0.717) is 27.4 Å². The lowest BCUT2D eigenvalue weighted by Gasteiger charge is -2.06. The molecule has 1 aromatic carbocycles. The first kappa shape index (κ1) is 10.6. The monoisotopic (exact) mass is 264 g/mol. The van der Waals surface area contributed by atoms with Crippen molar-refractivity contribution in [3.05, 3.63) is 46.1 Å². The van der Waals surface area contributed by atoms with Gasteiger partial charge in [-0.25, -0.2) is 4.98 Å². The van der Waals surface area contributed by atoms with Gasteiger partial charge in [-0.3, -0.25) is 4.99 Å². The Balaban J connectivity index is 2.16. The Morgan fingerprint density at radius 1 is 1.06 bits per heavy atom. The summed E-state index contributed by atoms with van der Waals surface area (Å²) >= 11 is 11.8. The second-order valence-electron chi connectivity index (χ2n) is 3.52. The van der Waals surface area contributed by atoms with E-state index in [1.807, 2.05) is 0 Å². The van der Waals surface area contributed by atoms with Crippen LogP contribution in [0.25, 0.3) is 0 Å². The summed E-state index contributed by atoms with van der Waals surface area (Å²) in [7, 11) is 0. The highest BCUT2D eigenvalue weighted by Crippen LogP contribution is 2.36. The molecule has 0 saturated carbocycles. The fourth-order valence-corrected chi connectivity index (χ4v) is 1.88. The fraction of sp³-hybridized carbons (Fsp3) is 0. The maximum absolute atomic E-state index is 5.91. The van der Waals surface area contributed by atoms with Crippen LogP contribution in [0.5, 0.6) is 11.6 Å². The van der Waals surface area contributed by atoms with Gasteiger partial charge in [0, 0.05) is 23.0 Å². The predicted octanol–water partition coefficient (Wildman–Crippen LogP) is 4.24. The van der Waals surface area contributed by atoms with Crippen molar-refractivity contribution in [2.24, 2.45) is 4.99 Å². The van der Waals surface area contributed by atoms with Gasteiger partial charge in [0.05, 0.1) is 5.02 Å². The Morgan fingerprint density at radius 2 is 1.94 bits per heavy atom. The number of ether oxygens (including phenoxy) is 1. The molecule has 0 aliphatic carbocycles. The summed E-state index contributed by atoms with van der Waals surface area (Å²) < 4.78 is 5.66. The molecule has 1 aliphatic rings. The van der Waals surface area contributed by atoms with Gasteiger partial charge in [-0.15, -0.1) is 0 Å². The highest BCUT2D eigenvalue weighted by atomic mass is 35.5. The molecular formula is C12H6Cl2N2O. The van der Waals surface area contributed by atoms with E-state index in [0.717, 1.165) is 5.56 Å². The first-order valence-electron chi connectivity index (χ1n) is 4.89. The van der Waals surface area contributed by atoms with Crippen LogP contribution in [-0.4, -0.2) is 11.2 Å². The smallest absolute Gasteiger partial charge is 0.245 e. The Kier molecular flexibility index (Phi) is 2.50. The summed E-state index contributed by atoms with van der Waals surface area (Å²) in [4.78, 5) is 8.37. The van der Waals surface area contributed by atoms with E-state index in [1.165, 1.54) is 6.20 Å². The van der Waals surface area contributed by atoms with E-state index in [9.17, 15) is 0 Å². The largest absolute Gasteiger partial charge is 0.436 e. The average Bonchev–Trinajstić information content (AvgIpc) is 2.48. The number of pyridine rings is 1. The molecule has 2 aromatic rings. The van der Waals surface area contributed by atoms with E-state index in [-0.39, 0.29) is 0 Å². The van der Waals surface area contributed by atoms with E-state index in [2.05, 4.69) is 9.98 Å². The maximum atomic E-state index is 5.91. The number of halogens is 2. The summed E-state index contributed by atoms with van der Waals surface area (Å²) in [5.41, 5.74) is 1.41. The van der Waals surface area contributed by atoms with Crippen LogP contribution >= 0.6 is 23.2 Å². The van der Waals surface area contributed by atoms with E-state index >= 15 is 0 Å². The molecule has 17 heavy (non-hydrogen) atoms. The van der Waals surface area contributed by atoms with Crippen molar-refractivity contribution in [3.8, 4) is 11.6 Å². The minimum absolute atomic E-state index is 0.437. The molecule has 84 valence electrons. The molecule has 0 N–H and O–H groups in total. The summed E-state index contributed by atoms with van der Waals surface area (Å²) in [6.45, 7) is 0. The summed E-state index contributed by atoms with van der Waals surface area (Å²) in [5, 5.41) is 1.16. The molecule has 3 rings (SSSR count). The van der Waals surface area contributed by atoms with Gasteiger partial charge < -0.3 is 4.74 Å². The first-order valence-corrected chi connectivity index (χ1v) is 5.65. The lowest BCUT2D eigenvalue weighted by molar-refractivity contribution is 0.465. The highest BCUT2D eigenvalue weighted by molar-refractivity contribution is 6.31. The predicted molar refractivity (Wildman–Crippen MR) is 68.0 cm³/mol. The van der Waals surface area contributed by atoms with Crippen LogP contribution in [0.2, 0.25) is 10.0 Å². The summed E-state index contributed by atoms with van der Waals surface area (Å²) in [5.74, 6) is 1.11. The SMILES string of the molecule is Clc1ccc2c(c1)C=Nc1cc(Cl)cnc1O2. The molecule has 3 nitrogen and oxygen atoms in total. The molecule has 0 amide bonds. The third-order valence-electron chi connectivity index (χ3n) is 2.32. The van der Waals surface area contributed by atoms with Crippen molar-refractivity contribution in [1.29, 1.82) is 0 Å². The van der Waals surface area contributed by atoms with Gasteiger partial charge in [-0.1, -0.05) is 23.2 Å². The van der Waals surface area contributed by atoms with Crippen molar-refractivity contribution in [2.45, 2.75) is 0 Å². The summed E-state index contributed by atoms with van der Waals surface area (Å²) in [6, 6.07) is 7.03. The molecule has 0 bridgehead atoms. The molecular weight excluding hydrogens is 259 g/mol. The molecule has 0 unspecified atom stereocenters. The van der Waals surface area contributed by atoms with Crippen LogP contribution in [0, 0.1) is 0 Å². The molecule has 0 radical (unpaired) electrons. The molecule has 5 heteroatoms. The van der Waals surface area contributed by atoms with Crippen LogP contribution in [0.1, 0.15) is 5.56 Å². The van der Waals surface area contributed by atoms with Gasteiger partial charge in [0.15, 0.2) is 0 Å². The highest BCUT2D eigenvalue weighted by Gasteiger charge is 2.13. The Bertz CT molecular complexity index is 572. The van der Waals surface area contributed by atoms with Crippen LogP contribution in [0.15, 0.2) is 35.5 Å². The minimum Gasteiger partial charge on any atom is -0.436 e. The number of fused-ring (bicyclic) bond motifs is 2. The Labute approximate surface area is 108 Å². The molecule has 2 heterocycles. The van der Waals surface area contributed by atoms with Crippen molar-refractivity contribution in [3.63, 3.8) is 0 Å². The van der Waals surface area contributed by atoms with Crippen LogP contribution in [-0.2, 0) is 0 Å². The van der Waals surface area contributed by atoms with Gasteiger partial charge in [0.2, 0.25) is 5.88 Å². The maximum Gasteiger partial charge on any atom is 0.245 e. The van der Waals surface area contributed by atoms with Gasteiger partial charge in [-0.2, -0.15) is 0 Å². The van der Waals surface area contributed by atoms with Gasteiger partial charge in [0.1, 0.15) is 11.4 Å². The molecule has 0 atom stereocenters. The lowest BCUT2D eigenvalue weighted by Crippen LogP contribution is -1.89. The number of aromatic nitrogens is 1. The number of benzene rings is 1. The fourth-order valence-electron chi connectivity index (χ4n) is 1.54. The zero-order chi connectivity index (χ0) is 11.8. The van der Waals surface area contributed by atoms with E-state index in [4.69, 9.17) is 27.9 Å². The van der Waals surface area contributed by atoms with Gasteiger partial charge >= 0.3 is 0 Å². The molecule has 0 fully saturated rings. The lowest BCUT2D eigenvalue weighted by atomic mass is 10.2. The van der Waals surface area contributed by atoms with E-state index < -0.39 is 0 Å². The quantitative estimate of drug-likeness (QED) is 0.609. The number of hydrogen-bond donors (Lipinski definition) is 0. The Hall–Kier alpha value is -1.58. The molecule has 0 saturated heterocycles. The van der Waals surface area contributed by atoms with Crippen LogP contribution < -0.4 is 4.74 Å². The van der Waals surface area contributed by atoms with Gasteiger partial charge in [0.25, 0.3) is 0 Å². The topological polar surface area (TPSA) is 34.5 Å². The van der Waals surface area contributed by atoms with Crippen LogP contribution in [0.4, 0.5) is 5.69 Å². The van der Waals surface area contributed by atoms with Crippen molar-refractivity contribution in [2.75, 3.05) is 0 Å². The number of hydrogen-bond acceptors (Lipinski definition) is 3. The second kappa shape index (κ2) is 4.02. The van der Waals surface area contributed by atoms with E-state index in [1.54, 1.807) is 30.5 Å². The van der Waals surface area contributed by atoms with Crippen molar-refractivity contribution < 1.29 is 4.74 Å². The third-order valence-corrected chi connectivity index (χ3v) is 2.76. The molecule has 1 aliphatic heterocycles. The molecule has 1 aromatic heterocycles. The average molecular weight is 265 g/mol. The van der Waals surface area contributed by atoms with Crippen molar-refractivity contribution >= 4 is 35.1 Å². The second-order valence-corrected chi connectivity index (χ2v) is 4.39. The number of rotatable bonds is 0. The zero-order valence-electron chi connectivity index (χ0n) is 8.52. The van der Waals surface area contributed by atoms with Crippen molar-refractivity contribution in [1.82, 2.24) is 4.98 Å². The third kappa shape index (κ3) is 1.99. The minimum atomic E-state index is 0.437. The van der Waals surface area contributed by atoms with Crippen LogP contribution in [0.3, 0.4) is 0 Å². The van der Waals surface area contributed by atoms with Gasteiger partial charge in [-0.05, 0) is 24.3 Å². The summed E-state index contributed by atoms with van der Waals surface area (Å²) in [6.07, 6.45) is 3.21. The number of nitrogens with zero attached hydrogens (tertiary/aromatic N) is 2. The first-order chi connectivity index (χ1) is 8.22. The molecule has 0 spiro atoms. The Morgan fingerprint density at radius 3 is 2.82 bits per heavy atom. The normalized spacial score (nSPS) is 12.4. The number of aliphatic imine (C=N–C) groups is 1. The standard InChI is InChI=1S/C12H6Cl2N2O/c13-8-1-2-11-7(3-8)5-15-10-4-9(14)6-16-12(10)17-11/h1-6H. The zero-order valence-corrected chi connectivity index (χ0v) is 10.0.